The maximum Gasteiger partial charge on any atom is 0.433 e. The first-order valence-corrected chi connectivity index (χ1v) is 5.70. The Morgan fingerprint density at radius 3 is 2.76 bits per heavy atom. The monoisotopic (exact) mass is 245 g/mol. The smallest absolute Gasteiger partial charge is 0.354 e. The van der Waals surface area contributed by atoms with E-state index in [0.29, 0.717) is 6.54 Å². The first-order valence-electron chi connectivity index (χ1n) is 5.70. The number of halogens is 3. The summed E-state index contributed by atoms with van der Waals surface area (Å²) in [7, 11) is 0. The minimum absolute atomic E-state index is 0.0515. The second-order valence-corrected chi connectivity index (χ2v) is 4.28. The van der Waals surface area contributed by atoms with E-state index in [4.69, 9.17) is 0 Å². The van der Waals surface area contributed by atoms with E-state index in [1.807, 2.05) is 0 Å². The molecule has 0 aliphatic heterocycles. The van der Waals surface area contributed by atoms with Gasteiger partial charge in [0.25, 0.3) is 0 Å². The van der Waals surface area contributed by atoms with E-state index in [1.54, 1.807) is 0 Å². The van der Waals surface area contributed by atoms with Crippen molar-refractivity contribution in [2.45, 2.75) is 31.9 Å². The first-order chi connectivity index (χ1) is 8.05. The van der Waals surface area contributed by atoms with Crippen molar-refractivity contribution in [2.24, 2.45) is 5.92 Å². The summed E-state index contributed by atoms with van der Waals surface area (Å²) < 4.78 is 37.1. The van der Waals surface area contributed by atoms with Crippen LogP contribution >= 0.6 is 0 Å². The molecule has 6 heteroatoms. The Morgan fingerprint density at radius 2 is 2.12 bits per heavy atom. The molecule has 1 saturated carbocycles. The third-order valence-corrected chi connectivity index (χ3v) is 2.72. The van der Waals surface area contributed by atoms with Crippen LogP contribution in [0.25, 0.3) is 0 Å². The number of hydrogen-bond acceptors (Lipinski definition) is 3. The molecule has 0 radical (unpaired) electrons. The lowest BCUT2D eigenvalue weighted by atomic mass is 10.2. The molecule has 1 N–H and O–H groups in total. The van der Waals surface area contributed by atoms with Gasteiger partial charge in [0.05, 0.1) is 0 Å². The van der Waals surface area contributed by atoms with E-state index in [-0.39, 0.29) is 5.95 Å². The summed E-state index contributed by atoms with van der Waals surface area (Å²) in [5, 5.41) is 2.82. The summed E-state index contributed by atoms with van der Waals surface area (Å²) in [5.41, 5.74) is -0.905. The van der Waals surface area contributed by atoms with Crippen molar-refractivity contribution in [3.05, 3.63) is 18.0 Å². The van der Waals surface area contributed by atoms with Gasteiger partial charge in [-0.2, -0.15) is 13.2 Å². The van der Waals surface area contributed by atoms with Gasteiger partial charge in [0.15, 0.2) is 0 Å². The summed E-state index contributed by atoms with van der Waals surface area (Å²) in [5.74, 6) is 0.884. The summed E-state index contributed by atoms with van der Waals surface area (Å²) >= 11 is 0. The van der Waals surface area contributed by atoms with Crippen LogP contribution in [0.4, 0.5) is 19.1 Å². The minimum Gasteiger partial charge on any atom is -0.354 e. The van der Waals surface area contributed by atoms with Crippen LogP contribution in [0.5, 0.6) is 0 Å². The van der Waals surface area contributed by atoms with Crippen molar-refractivity contribution < 1.29 is 13.2 Å². The predicted octanol–water partition coefficient (Wildman–Crippen LogP) is 3.10. The van der Waals surface area contributed by atoms with Gasteiger partial charge in [-0.15, -0.1) is 0 Å². The number of nitrogens with zero attached hydrogens (tertiary/aromatic N) is 2. The van der Waals surface area contributed by atoms with E-state index in [0.717, 1.165) is 31.0 Å². The average Bonchev–Trinajstić information content (AvgIpc) is 3.08. The third kappa shape index (κ3) is 3.87. The molecule has 0 saturated heterocycles. The highest BCUT2D eigenvalue weighted by Crippen LogP contribution is 2.33. The first kappa shape index (κ1) is 12.1. The molecule has 3 nitrogen and oxygen atoms in total. The van der Waals surface area contributed by atoms with Crippen LogP contribution in [0, 0.1) is 5.92 Å². The quantitative estimate of drug-likeness (QED) is 0.810. The standard InChI is InChI=1S/C11H14F3N3/c12-11(13,14)9-5-7-16-10(17-9)15-6-1-2-8-3-4-8/h5,7-8H,1-4,6H2,(H,15,16,17). The third-order valence-electron chi connectivity index (χ3n) is 2.72. The van der Waals surface area contributed by atoms with E-state index >= 15 is 0 Å². The lowest BCUT2D eigenvalue weighted by molar-refractivity contribution is -0.141. The molecular weight excluding hydrogens is 231 g/mol. The van der Waals surface area contributed by atoms with E-state index in [2.05, 4.69) is 15.3 Å². The van der Waals surface area contributed by atoms with E-state index in [1.165, 1.54) is 12.8 Å². The zero-order chi connectivity index (χ0) is 12.3. The highest BCUT2D eigenvalue weighted by Gasteiger charge is 2.32. The lowest BCUT2D eigenvalue weighted by Crippen LogP contribution is -2.12. The summed E-state index contributed by atoms with van der Waals surface area (Å²) in [4.78, 5) is 7.19. The van der Waals surface area contributed by atoms with Gasteiger partial charge in [-0.05, 0) is 24.8 Å². The van der Waals surface area contributed by atoms with Crippen LogP contribution in [-0.2, 0) is 6.18 Å². The Kier molecular flexibility index (Phi) is 3.49. The molecule has 1 aliphatic carbocycles. The maximum atomic E-state index is 12.4. The fourth-order valence-electron chi connectivity index (χ4n) is 1.60. The van der Waals surface area contributed by atoms with Crippen LogP contribution in [0.3, 0.4) is 0 Å². The summed E-state index contributed by atoms with van der Waals surface area (Å²) in [6, 6.07) is 0.870. The van der Waals surface area contributed by atoms with Crippen molar-refractivity contribution in [3.8, 4) is 0 Å². The van der Waals surface area contributed by atoms with Gasteiger partial charge in [-0.25, -0.2) is 9.97 Å². The van der Waals surface area contributed by atoms with Gasteiger partial charge in [0.2, 0.25) is 5.95 Å². The minimum atomic E-state index is -4.41. The van der Waals surface area contributed by atoms with Gasteiger partial charge < -0.3 is 5.32 Å². The average molecular weight is 245 g/mol. The Morgan fingerprint density at radius 1 is 1.35 bits per heavy atom. The van der Waals surface area contributed by atoms with Crippen molar-refractivity contribution in [1.29, 1.82) is 0 Å². The van der Waals surface area contributed by atoms with E-state index < -0.39 is 11.9 Å². The van der Waals surface area contributed by atoms with Crippen molar-refractivity contribution in [3.63, 3.8) is 0 Å². The van der Waals surface area contributed by atoms with Gasteiger partial charge in [0.1, 0.15) is 5.69 Å². The molecule has 0 spiro atoms. The number of anilines is 1. The normalized spacial score (nSPS) is 15.9. The number of aromatic nitrogens is 2. The Labute approximate surface area is 97.5 Å². The second-order valence-electron chi connectivity index (χ2n) is 4.28. The fourth-order valence-corrected chi connectivity index (χ4v) is 1.60. The van der Waals surface area contributed by atoms with Crippen molar-refractivity contribution in [1.82, 2.24) is 9.97 Å². The van der Waals surface area contributed by atoms with E-state index in [9.17, 15) is 13.2 Å². The largest absolute Gasteiger partial charge is 0.433 e. The molecule has 1 aromatic rings. The van der Waals surface area contributed by atoms with Crippen LogP contribution in [0.2, 0.25) is 0 Å². The SMILES string of the molecule is FC(F)(F)c1ccnc(NCCCC2CC2)n1. The number of alkyl halides is 3. The van der Waals surface area contributed by atoms with Crippen molar-refractivity contribution in [2.75, 3.05) is 11.9 Å². The Hall–Kier alpha value is -1.33. The lowest BCUT2D eigenvalue weighted by Gasteiger charge is -2.08. The van der Waals surface area contributed by atoms with Gasteiger partial charge in [0, 0.05) is 12.7 Å². The molecule has 94 valence electrons. The molecule has 1 aromatic heterocycles. The molecule has 2 rings (SSSR count). The molecule has 1 fully saturated rings. The second kappa shape index (κ2) is 4.89. The zero-order valence-electron chi connectivity index (χ0n) is 9.30. The number of rotatable bonds is 5. The highest BCUT2D eigenvalue weighted by atomic mass is 19.4. The topological polar surface area (TPSA) is 37.8 Å². The number of nitrogens with one attached hydrogen (secondary N) is 1. The zero-order valence-corrected chi connectivity index (χ0v) is 9.30. The Bertz CT molecular complexity index is 374. The van der Waals surface area contributed by atoms with Crippen LogP contribution in [0.1, 0.15) is 31.4 Å². The molecule has 0 atom stereocenters. The predicted molar refractivity (Wildman–Crippen MR) is 57.5 cm³/mol. The molecule has 1 heterocycles. The number of hydrogen-bond donors (Lipinski definition) is 1. The van der Waals surface area contributed by atoms with Gasteiger partial charge in [-0.3, -0.25) is 0 Å². The fraction of sp³-hybridized carbons (Fsp3) is 0.636. The van der Waals surface area contributed by atoms with Gasteiger partial charge in [-0.1, -0.05) is 12.8 Å². The van der Waals surface area contributed by atoms with Crippen LogP contribution in [-0.4, -0.2) is 16.5 Å². The maximum absolute atomic E-state index is 12.4. The molecule has 1 aliphatic rings. The highest BCUT2D eigenvalue weighted by molar-refractivity contribution is 5.25. The summed E-state index contributed by atoms with van der Waals surface area (Å²) in [6.45, 7) is 0.623. The molecule has 0 aromatic carbocycles. The summed E-state index contributed by atoms with van der Waals surface area (Å²) in [6.07, 6.45) is 1.38. The molecule has 0 amide bonds. The van der Waals surface area contributed by atoms with Crippen LogP contribution < -0.4 is 5.32 Å². The van der Waals surface area contributed by atoms with Gasteiger partial charge >= 0.3 is 6.18 Å². The molecule has 0 bridgehead atoms. The Balaban J connectivity index is 1.82. The van der Waals surface area contributed by atoms with Crippen molar-refractivity contribution >= 4 is 5.95 Å². The molecular formula is C11H14F3N3. The molecule has 0 unspecified atom stereocenters. The molecule has 17 heavy (non-hydrogen) atoms. The van der Waals surface area contributed by atoms with Crippen LogP contribution in [0.15, 0.2) is 12.3 Å².